The maximum atomic E-state index is 5.78. The Bertz CT molecular complexity index is 576. The Morgan fingerprint density at radius 1 is 1.24 bits per heavy atom. The molecule has 0 aliphatic heterocycles. The van der Waals surface area contributed by atoms with Crippen LogP contribution in [0, 0.1) is 19.8 Å². The molecule has 114 valence electrons. The number of aryl methyl sites for hydroxylation is 2. The zero-order chi connectivity index (χ0) is 15.2. The normalized spacial score (nSPS) is 11.1. The molecule has 4 nitrogen and oxygen atoms in total. The highest BCUT2D eigenvalue weighted by atomic mass is 16.5. The molecule has 2 aromatic rings. The molecule has 4 heteroatoms. The SMILES string of the molecule is Cc1ccc(OCc2cc(CNCC(C)C)no2)c(C)c1. The monoisotopic (exact) mass is 288 g/mol. The lowest BCUT2D eigenvalue weighted by Gasteiger charge is -2.07. The second kappa shape index (κ2) is 7.27. The molecule has 0 unspecified atom stereocenters. The van der Waals surface area contributed by atoms with E-state index in [4.69, 9.17) is 9.26 Å². The van der Waals surface area contributed by atoms with E-state index in [-0.39, 0.29) is 0 Å². The van der Waals surface area contributed by atoms with Crippen molar-refractivity contribution < 1.29 is 9.26 Å². The largest absolute Gasteiger partial charge is 0.485 e. The molecule has 0 saturated carbocycles. The third-order valence-electron chi connectivity index (χ3n) is 3.17. The Balaban J connectivity index is 1.85. The Morgan fingerprint density at radius 2 is 2.05 bits per heavy atom. The van der Waals surface area contributed by atoms with Crippen molar-refractivity contribution >= 4 is 0 Å². The third-order valence-corrected chi connectivity index (χ3v) is 3.17. The average Bonchev–Trinajstić information content (AvgIpc) is 2.85. The number of ether oxygens (including phenoxy) is 1. The molecular formula is C17H24N2O2. The van der Waals surface area contributed by atoms with E-state index in [0.29, 0.717) is 12.5 Å². The van der Waals surface area contributed by atoms with Crippen LogP contribution in [-0.4, -0.2) is 11.7 Å². The first-order chi connectivity index (χ1) is 10.0. The van der Waals surface area contributed by atoms with Crippen molar-refractivity contribution in [2.45, 2.75) is 40.8 Å². The number of nitrogens with zero attached hydrogens (tertiary/aromatic N) is 1. The minimum atomic E-state index is 0.404. The zero-order valence-corrected chi connectivity index (χ0v) is 13.3. The molecule has 1 aromatic heterocycles. The lowest BCUT2D eigenvalue weighted by Crippen LogP contribution is -2.19. The molecule has 1 aromatic carbocycles. The number of aromatic nitrogens is 1. The van der Waals surface area contributed by atoms with Gasteiger partial charge in [0.2, 0.25) is 0 Å². The van der Waals surface area contributed by atoms with Crippen LogP contribution in [0.3, 0.4) is 0 Å². The number of rotatable bonds is 7. The van der Waals surface area contributed by atoms with E-state index in [1.807, 2.05) is 25.1 Å². The number of benzene rings is 1. The molecule has 0 saturated heterocycles. The van der Waals surface area contributed by atoms with Crippen LogP contribution in [-0.2, 0) is 13.2 Å². The fraction of sp³-hybridized carbons (Fsp3) is 0.471. The number of nitrogens with one attached hydrogen (secondary N) is 1. The maximum Gasteiger partial charge on any atom is 0.174 e. The molecule has 0 bridgehead atoms. The first-order valence-corrected chi connectivity index (χ1v) is 7.40. The molecule has 0 atom stereocenters. The first kappa shape index (κ1) is 15.6. The molecule has 0 amide bonds. The van der Waals surface area contributed by atoms with Crippen LogP contribution < -0.4 is 10.1 Å². The minimum Gasteiger partial charge on any atom is -0.485 e. The van der Waals surface area contributed by atoms with Crippen LogP contribution in [0.25, 0.3) is 0 Å². The molecule has 1 N–H and O–H groups in total. The maximum absolute atomic E-state index is 5.78. The van der Waals surface area contributed by atoms with E-state index < -0.39 is 0 Å². The molecule has 0 aliphatic carbocycles. The fourth-order valence-electron chi connectivity index (χ4n) is 2.11. The molecule has 0 fully saturated rings. The summed E-state index contributed by atoms with van der Waals surface area (Å²) in [6.45, 7) is 10.6. The van der Waals surface area contributed by atoms with Gasteiger partial charge in [-0.2, -0.15) is 0 Å². The standard InChI is InChI=1S/C17H24N2O2/c1-12(2)9-18-10-15-8-16(21-19-15)11-20-17-6-5-13(3)7-14(17)4/h5-8,12,18H,9-11H2,1-4H3. The summed E-state index contributed by atoms with van der Waals surface area (Å²) in [5.74, 6) is 2.26. The highest BCUT2D eigenvalue weighted by molar-refractivity contribution is 5.35. The molecule has 21 heavy (non-hydrogen) atoms. The summed E-state index contributed by atoms with van der Waals surface area (Å²) in [6, 6.07) is 8.09. The lowest BCUT2D eigenvalue weighted by atomic mass is 10.1. The van der Waals surface area contributed by atoms with E-state index in [1.165, 1.54) is 5.56 Å². The smallest absolute Gasteiger partial charge is 0.174 e. The molecule has 2 rings (SSSR count). The van der Waals surface area contributed by atoms with E-state index in [9.17, 15) is 0 Å². The van der Waals surface area contributed by atoms with Crippen molar-refractivity contribution in [3.63, 3.8) is 0 Å². The van der Waals surface area contributed by atoms with Crippen molar-refractivity contribution in [2.75, 3.05) is 6.54 Å². The summed E-state index contributed by atoms with van der Waals surface area (Å²) in [6.07, 6.45) is 0. The van der Waals surface area contributed by atoms with Gasteiger partial charge in [-0.25, -0.2) is 0 Å². The van der Waals surface area contributed by atoms with Crippen molar-refractivity contribution in [1.82, 2.24) is 10.5 Å². The summed E-state index contributed by atoms with van der Waals surface area (Å²) in [5.41, 5.74) is 3.28. The highest BCUT2D eigenvalue weighted by Crippen LogP contribution is 2.20. The molecule has 0 spiro atoms. The fourth-order valence-corrected chi connectivity index (χ4v) is 2.11. The van der Waals surface area contributed by atoms with E-state index >= 15 is 0 Å². The zero-order valence-electron chi connectivity index (χ0n) is 13.3. The Labute approximate surface area is 126 Å². The van der Waals surface area contributed by atoms with E-state index in [1.54, 1.807) is 0 Å². The van der Waals surface area contributed by atoms with Gasteiger partial charge >= 0.3 is 0 Å². The van der Waals surface area contributed by atoms with Gasteiger partial charge in [-0.3, -0.25) is 0 Å². The van der Waals surface area contributed by atoms with Crippen molar-refractivity contribution in [3.05, 3.63) is 46.8 Å². The van der Waals surface area contributed by atoms with Crippen LogP contribution in [0.2, 0.25) is 0 Å². The van der Waals surface area contributed by atoms with Gasteiger partial charge in [0.15, 0.2) is 5.76 Å². The van der Waals surface area contributed by atoms with Crippen molar-refractivity contribution in [1.29, 1.82) is 0 Å². The molecule has 0 radical (unpaired) electrons. The summed E-state index contributed by atoms with van der Waals surface area (Å²) in [7, 11) is 0. The van der Waals surface area contributed by atoms with Gasteiger partial charge in [0.1, 0.15) is 12.4 Å². The molecular weight excluding hydrogens is 264 g/mol. The van der Waals surface area contributed by atoms with Crippen LogP contribution in [0.4, 0.5) is 0 Å². The Morgan fingerprint density at radius 3 is 2.76 bits per heavy atom. The van der Waals surface area contributed by atoms with E-state index in [2.05, 4.69) is 37.3 Å². The van der Waals surface area contributed by atoms with Gasteiger partial charge in [0.05, 0.1) is 5.69 Å². The quantitative estimate of drug-likeness (QED) is 0.845. The average molecular weight is 288 g/mol. The highest BCUT2D eigenvalue weighted by Gasteiger charge is 2.06. The van der Waals surface area contributed by atoms with Gasteiger partial charge in [0, 0.05) is 12.6 Å². The van der Waals surface area contributed by atoms with Gasteiger partial charge in [0.25, 0.3) is 0 Å². The second-order valence-electron chi connectivity index (χ2n) is 5.87. The Kier molecular flexibility index (Phi) is 5.39. The summed E-state index contributed by atoms with van der Waals surface area (Å²) >= 11 is 0. The summed E-state index contributed by atoms with van der Waals surface area (Å²) in [4.78, 5) is 0. The number of hydrogen-bond acceptors (Lipinski definition) is 4. The number of hydrogen-bond donors (Lipinski definition) is 1. The predicted octanol–water partition coefficient (Wildman–Crippen LogP) is 3.62. The van der Waals surface area contributed by atoms with Crippen molar-refractivity contribution in [3.8, 4) is 5.75 Å². The molecule has 1 heterocycles. The van der Waals surface area contributed by atoms with Crippen LogP contribution in [0.15, 0.2) is 28.8 Å². The topological polar surface area (TPSA) is 47.3 Å². The second-order valence-corrected chi connectivity index (χ2v) is 5.87. The van der Waals surface area contributed by atoms with Gasteiger partial charge in [-0.15, -0.1) is 0 Å². The predicted molar refractivity (Wildman–Crippen MR) is 83.3 cm³/mol. The lowest BCUT2D eigenvalue weighted by molar-refractivity contribution is 0.247. The summed E-state index contributed by atoms with van der Waals surface area (Å²) in [5, 5.41) is 7.38. The minimum absolute atomic E-state index is 0.404. The van der Waals surface area contributed by atoms with Crippen LogP contribution in [0.5, 0.6) is 5.75 Å². The molecule has 0 aliphatic rings. The Hall–Kier alpha value is -1.81. The summed E-state index contributed by atoms with van der Waals surface area (Å²) < 4.78 is 11.1. The van der Waals surface area contributed by atoms with Crippen LogP contribution >= 0.6 is 0 Å². The van der Waals surface area contributed by atoms with Crippen LogP contribution in [0.1, 0.15) is 36.4 Å². The first-order valence-electron chi connectivity index (χ1n) is 7.40. The van der Waals surface area contributed by atoms with Gasteiger partial charge in [-0.05, 0) is 37.9 Å². The van der Waals surface area contributed by atoms with Crippen molar-refractivity contribution in [2.24, 2.45) is 5.92 Å². The third kappa shape index (κ3) is 4.90. The van der Waals surface area contributed by atoms with Gasteiger partial charge in [-0.1, -0.05) is 36.7 Å². The van der Waals surface area contributed by atoms with Gasteiger partial charge < -0.3 is 14.6 Å². The van der Waals surface area contributed by atoms with E-state index in [0.717, 1.165) is 35.9 Å².